The lowest BCUT2D eigenvalue weighted by Gasteiger charge is -2.07. The van der Waals surface area contributed by atoms with Crippen molar-refractivity contribution >= 4 is 5.69 Å². The van der Waals surface area contributed by atoms with Crippen LogP contribution in [0.25, 0.3) is 0 Å². The summed E-state index contributed by atoms with van der Waals surface area (Å²) >= 11 is 0. The molecule has 2 aromatic rings. The predicted octanol–water partition coefficient (Wildman–Crippen LogP) is 3.13. The molecule has 0 aliphatic heterocycles. The zero-order valence-electron chi connectivity index (χ0n) is 10.7. The van der Waals surface area contributed by atoms with Gasteiger partial charge in [-0.05, 0) is 35.4 Å². The highest BCUT2D eigenvalue weighted by molar-refractivity contribution is 5.41. The van der Waals surface area contributed by atoms with Gasteiger partial charge in [-0.25, -0.2) is 4.39 Å². The van der Waals surface area contributed by atoms with Crippen molar-refractivity contribution in [3.8, 4) is 5.75 Å². The molecule has 2 aromatic carbocycles. The van der Waals surface area contributed by atoms with Gasteiger partial charge in [0, 0.05) is 0 Å². The predicted molar refractivity (Wildman–Crippen MR) is 72.3 cm³/mol. The minimum atomic E-state index is -0.414. The maximum Gasteiger partial charge on any atom is 0.146 e. The summed E-state index contributed by atoms with van der Waals surface area (Å²) in [4.78, 5) is 0. The number of hydrogen-bond acceptors (Lipinski definition) is 3. The monoisotopic (exact) mass is 261 g/mol. The quantitative estimate of drug-likeness (QED) is 0.841. The lowest BCUT2D eigenvalue weighted by Crippen LogP contribution is -1.97. The summed E-state index contributed by atoms with van der Waals surface area (Å²) in [5.74, 6) is 0.377. The van der Waals surface area contributed by atoms with Crippen LogP contribution in [0.2, 0.25) is 0 Å². The second-order valence-corrected chi connectivity index (χ2v) is 4.20. The van der Waals surface area contributed by atoms with Crippen molar-refractivity contribution < 1.29 is 13.9 Å². The Morgan fingerprint density at radius 1 is 1.05 bits per heavy atom. The number of nitrogen functional groups attached to an aromatic ring is 1. The molecule has 0 unspecified atom stereocenters. The molecule has 0 saturated heterocycles. The van der Waals surface area contributed by atoms with Gasteiger partial charge in [0.1, 0.15) is 11.6 Å². The van der Waals surface area contributed by atoms with E-state index in [1.165, 1.54) is 6.07 Å². The normalized spacial score (nSPS) is 10.4. The van der Waals surface area contributed by atoms with E-state index in [2.05, 4.69) is 0 Å². The van der Waals surface area contributed by atoms with E-state index in [0.717, 1.165) is 16.9 Å². The van der Waals surface area contributed by atoms with Crippen molar-refractivity contribution in [2.75, 3.05) is 12.8 Å². The molecular weight excluding hydrogens is 245 g/mol. The van der Waals surface area contributed by atoms with Gasteiger partial charge >= 0.3 is 0 Å². The van der Waals surface area contributed by atoms with Crippen molar-refractivity contribution in [2.45, 2.75) is 13.2 Å². The third kappa shape index (κ3) is 3.69. The number of halogens is 1. The van der Waals surface area contributed by atoms with Crippen LogP contribution in [0.1, 0.15) is 11.1 Å². The van der Waals surface area contributed by atoms with Crippen molar-refractivity contribution in [1.82, 2.24) is 0 Å². The molecule has 0 radical (unpaired) electrons. The van der Waals surface area contributed by atoms with Gasteiger partial charge in [0.2, 0.25) is 0 Å². The van der Waals surface area contributed by atoms with E-state index in [4.69, 9.17) is 15.2 Å². The number of rotatable bonds is 5. The fourth-order valence-corrected chi connectivity index (χ4v) is 1.71. The molecule has 2 N–H and O–H groups in total. The molecule has 0 bridgehead atoms. The van der Waals surface area contributed by atoms with E-state index >= 15 is 0 Å². The summed E-state index contributed by atoms with van der Waals surface area (Å²) in [6, 6.07) is 12.3. The Morgan fingerprint density at radius 2 is 1.79 bits per heavy atom. The van der Waals surface area contributed by atoms with E-state index < -0.39 is 5.82 Å². The first-order chi connectivity index (χ1) is 9.19. The molecule has 0 fully saturated rings. The fraction of sp³-hybridized carbons (Fsp3) is 0.200. The highest BCUT2D eigenvalue weighted by Crippen LogP contribution is 2.15. The summed E-state index contributed by atoms with van der Waals surface area (Å²) in [6.45, 7) is 0.789. The molecule has 0 aromatic heterocycles. The van der Waals surface area contributed by atoms with Crippen molar-refractivity contribution in [3.05, 3.63) is 59.4 Å². The van der Waals surface area contributed by atoms with E-state index in [-0.39, 0.29) is 5.69 Å². The van der Waals surface area contributed by atoms with Gasteiger partial charge in [-0.2, -0.15) is 0 Å². The minimum absolute atomic E-state index is 0.150. The molecule has 0 aliphatic carbocycles. The Labute approximate surface area is 111 Å². The number of anilines is 1. The van der Waals surface area contributed by atoms with Gasteiger partial charge < -0.3 is 15.2 Å². The van der Waals surface area contributed by atoms with Gasteiger partial charge in [-0.15, -0.1) is 0 Å². The zero-order valence-corrected chi connectivity index (χ0v) is 10.7. The summed E-state index contributed by atoms with van der Waals surface area (Å²) in [7, 11) is 1.62. The number of ether oxygens (including phenoxy) is 2. The zero-order chi connectivity index (χ0) is 13.7. The fourth-order valence-electron chi connectivity index (χ4n) is 1.71. The molecule has 3 nitrogen and oxygen atoms in total. The van der Waals surface area contributed by atoms with Gasteiger partial charge in [0.05, 0.1) is 26.0 Å². The second kappa shape index (κ2) is 6.20. The average molecular weight is 261 g/mol. The Balaban J connectivity index is 1.90. The largest absolute Gasteiger partial charge is 0.497 e. The number of methoxy groups -OCH3 is 1. The average Bonchev–Trinajstić information content (AvgIpc) is 2.43. The van der Waals surface area contributed by atoms with Crippen LogP contribution in [0.15, 0.2) is 42.5 Å². The van der Waals surface area contributed by atoms with Gasteiger partial charge in [-0.1, -0.05) is 18.2 Å². The standard InChI is InChI=1S/C15H16FNO2/c1-18-13-4-2-3-11(7-13)9-19-10-12-5-6-15(17)14(16)8-12/h2-8H,9-10,17H2,1H3. The van der Waals surface area contributed by atoms with E-state index in [0.29, 0.717) is 13.2 Å². The molecule has 0 heterocycles. The first-order valence-electron chi connectivity index (χ1n) is 5.93. The third-order valence-corrected chi connectivity index (χ3v) is 2.74. The second-order valence-electron chi connectivity index (χ2n) is 4.20. The molecule has 100 valence electrons. The lowest BCUT2D eigenvalue weighted by atomic mass is 10.2. The van der Waals surface area contributed by atoms with Crippen LogP contribution >= 0.6 is 0 Å². The number of hydrogen-bond donors (Lipinski definition) is 1. The molecule has 0 amide bonds. The maximum atomic E-state index is 13.2. The van der Waals surface area contributed by atoms with E-state index in [9.17, 15) is 4.39 Å². The Morgan fingerprint density at radius 3 is 2.47 bits per heavy atom. The van der Waals surface area contributed by atoms with E-state index in [1.54, 1.807) is 19.2 Å². The molecule has 0 atom stereocenters. The molecule has 4 heteroatoms. The Kier molecular flexibility index (Phi) is 4.36. The smallest absolute Gasteiger partial charge is 0.146 e. The summed E-state index contributed by atoms with van der Waals surface area (Å²) in [6.07, 6.45) is 0. The van der Waals surface area contributed by atoms with Crippen LogP contribution < -0.4 is 10.5 Å². The van der Waals surface area contributed by atoms with Gasteiger partial charge in [-0.3, -0.25) is 0 Å². The van der Waals surface area contributed by atoms with Crippen LogP contribution in [0.4, 0.5) is 10.1 Å². The van der Waals surface area contributed by atoms with Gasteiger partial charge in [0.15, 0.2) is 0 Å². The van der Waals surface area contributed by atoms with Crippen molar-refractivity contribution in [2.24, 2.45) is 0 Å². The van der Waals surface area contributed by atoms with Crippen molar-refractivity contribution in [1.29, 1.82) is 0 Å². The minimum Gasteiger partial charge on any atom is -0.497 e. The molecular formula is C15H16FNO2. The SMILES string of the molecule is COc1cccc(COCc2ccc(N)c(F)c2)c1. The molecule has 0 spiro atoms. The van der Waals surface area contributed by atoms with Gasteiger partial charge in [0.25, 0.3) is 0 Å². The number of nitrogens with two attached hydrogens (primary N) is 1. The molecule has 0 aliphatic rings. The van der Waals surface area contributed by atoms with Crippen LogP contribution in [-0.4, -0.2) is 7.11 Å². The summed E-state index contributed by atoms with van der Waals surface area (Å²) in [5, 5.41) is 0. The van der Waals surface area contributed by atoms with Crippen LogP contribution in [0.5, 0.6) is 5.75 Å². The molecule has 0 saturated carbocycles. The van der Waals surface area contributed by atoms with Crippen LogP contribution in [-0.2, 0) is 18.0 Å². The summed E-state index contributed by atoms with van der Waals surface area (Å²) in [5.41, 5.74) is 7.33. The highest BCUT2D eigenvalue weighted by atomic mass is 19.1. The highest BCUT2D eigenvalue weighted by Gasteiger charge is 2.01. The van der Waals surface area contributed by atoms with Crippen molar-refractivity contribution in [3.63, 3.8) is 0 Å². The van der Waals surface area contributed by atoms with Crippen LogP contribution in [0, 0.1) is 5.82 Å². The number of benzene rings is 2. The molecule has 2 rings (SSSR count). The first kappa shape index (κ1) is 13.4. The van der Waals surface area contributed by atoms with E-state index in [1.807, 2.05) is 24.3 Å². The first-order valence-corrected chi connectivity index (χ1v) is 5.93. The lowest BCUT2D eigenvalue weighted by molar-refractivity contribution is 0.107. The molecule has 19 heavy (non-hydrogen) atoms. The van der Waals surface area contributed by atoms with Crippen LogP contribution in [0.3, 0.4) is 0 Å². The Hall–Kier alpha value is -2.07. The third-order valence-electron chi connectivity index (χ3n) is 2.74. The maximum absolute atomic E-state index is 13.2. The Bertz CT molecular complexity index is 558. The summed E-state index contributed by atoms with van der Waals surface area (Å²) < 4.78 is 23.9. The topological polar surface area (TPSA) is 44.5 Å².